The zero-order valence-electron chi connectivity index (χ0n) is 15.8. The monoisotopic (exact) mass is 340 g/mol. The summed E-state index contributed by atoms with van der Waals surface area (Å²) in [4.78, 5) is 12.5. The summed E-state index contributed by atoms with van der Waals surface area (Å²) < 4.78 is 0. The molecule has 0 spiro atoms. The molecule has 0 aromatic rings. The van der Waals surface area contributed by atoms with E-state index in [0.717, 1.165) is 51.4 Å². The molecule has 0 saturated carbocycles. The Labute approximate surface area is 147 Å². The molecule has 0 aliphatic rings. The van der Waals surface area contributed by atoms with Gasteiger partial charge < -0.3 is 15.1 Å². The van der Waals surface area contributed by atoms with Crippen LogP contribution in [0.4, 0.5) is 0 Å². The molecule has 0 heterocycles. The number of unbranched alkanes of at least 4 members (excludes halogenated alkanes) is 3. The lowest BCUT2D eigenvalue weighted by Gasteiger charge is -2.23. The smallest absolute Gasteiger partial charge is 0.303 e. The second-order valence-corrected chi connectivity index (χ2v) is 7.57. The van der Waals surface area contributed by atoms with Crippen molar-refractivity contribution in [2.75, 3.05) is 13.1 Å². The fourth-order valence-electron chi connectivity index (χ4n) is 2.91. The third-order valence-corrected chi connectivity index (χ3v) is 4.41. The van der Waals surface area contributed by atoms with E-state index in [2.05, 4.69) is 13.1 Å². The minimum Gasteiger partial charge on any atom is -0.481 e. The molecule has 5 nitrogen and oxygen atoms in total. The number of aliphatic hydroxyl groups excluding tert-OH is 1. The molecule has 0 aliphatic heterocycles. The van der Waals surface area contributed by atoms with E-state index in [9.17, 15) is 15.2 Å². The SMILES string of the molecule is CCCCCC(O)CCCN(C#N)CCCCC(C)(C)CC(=O)O. The van der Waals surface area contributed by atoms with Crippen molar-refractivity contribution in [3.8, 4) is 6.19 Å². The molecule has 0 bridgehead atoms. The Kier molecular flexibility index (Phi) is 12.4. The highest BCUT2D eigenvalue weighted by atomic mass is 16.4. The van der Waals surface area contributed by atoms with Crippen LogP contribution in [-0.4, -0.2) is 40.3 Å². The van der Waals surface area contributed by atoms with Gasteiger partial charge in [-0.2, -0.15) is 5.26 Å². The number of hydrogen-bond acceptors (Lipinski definition) is 4. The Morgan fingerprint density at radius 1 is 1.12 bits per heavy atom. The zero-order valence-corrected chi connectivity index (χ0v) is 15.8. The van der Waals surface area contributed by atoms with Gasteiger partial charge in [0.05, 0.1) is 12.5 Å². The van der Waals surface area contributed by atoms with Gasteiger partial charge in [0.2, 0.25) is 0 Å². The minimum absolute atomic E-state index is 0.185. The third-order valence-electron chi connectivity index (χ3n) is 4.41. The van der Waals surface area contributed by atoms with Crippen LogP contribution in [0.15, 0.2) is 0 Å². The highest BCUT2D eigenvalue weighted by Crippen LogP contribution is 2.27. The van der Waals surface area contributed by atoms with Crippen LogP contribution in [0.2, 0.25) is 0 Å². The summed E-state index contributed by atoms with van der Waals surface area (Å²) in [5.74, 6) is -0.754. The first-order valence-corrected chi connectivity index (χ1v) is 9.35. The second-order valence-electron chi connectivity index (χ2n) is 7.57. The summed E-state index contributed by atoms with van der Waals surface area (Å²) in [6.07, 6.45) is 10.7. The Balaban J connectivity index is 3.81. The largest absolute Gasteiger partial charge is 0.481 e. The maximum absolute atomic E-state index is 10.8. The van der Waals surface area contributed by atoms with Gasteiger partial charge in [0.15, 0.2) is 6.19 Å². The molecule has 140 valence electrons. The van der Waals surface area contributed by atoms with Crippen LogP contribution in [-0.2, 0) is 4.79 Å². The molecule has 0 aromatic carbocycles. The number of hydrogen-bond donors (Lipinski definition) is 2. The average Bonchev–Trinajstić information content (AvgIpc) is 2.48. The molecule has 1 unspecified atom stereocenters. The Bertz CT molecular complexity index is 377. The van der Waals surface area contributed by atoms with Gasteiger partial charge in [0.25, 0.3) is 0 Å². The van der Waals surface area contributed by atoms with Crippen molar-refractivity contribution in [2.45, 2.75) is 91.1 Å². The molecule has 0 aliphatic carbocycles. The van der Waals surface area contributed by atoms with Crippen molar-refractivity contribution in [3.05, 3.63) is 0 Å². The number of nitriles is 1. The highest BCUT2D eigenvalue weighted by Gasteiger charge is 2.21. The molecule has 24 heavy (non-hydrogen) atoms. The maximum atomic E-state index is 10.8. The molecule has 0 amide bonds. The lowest BCUT2D eigenvalue weighted by Crippen LogP contribution is -2.22. The quantitative estimate of drug-likeness (QED) is 0.266. The van der Waals surface area contributed by atoms with Gasteiger partial charge >= 0.3 is 5.97 Å². The standard InChI is InChI=1S/C19H36N2O3/c1-4-5-6-10-17(22)11-9-14-21(16-20)13-8-7-12-19(2,3)15-18(23)24/h17,22H,4-15H2,1-3H3,(H,23,24). The molecule has 0 aromatic heterocycles. The van der Waals surface area contributed by atoms with Crippen LogP contribution in [0.1, 0.15) is 85.0 Å². The Morgan fingerprint density at radius 2 is 1.75 bits per heavy atom. The van der Waals surface area contributed by atoms with Crippen LogP contribution in [0, 0.1) is 16.9 Å². The maximum Gasteiger partial charge on any atom is 0.303 e. The van der Waals surface area contributed by atoms with Crippen LogP contribution >= 0.6 is 0 Å². The van der Waals surface area contributed by atoms with E-state index in [-0.39, 0.29) is 17.9 Å². The normalized spacial score (nSPS) is 12.6. The molecule has 2 N–H and O–H groups in total. The highest BCUT2D eigenvalue weighted by molar-refractivity contribution is 5.67. The van der Waals surface area contributed by atoms with Crippen molar-refractivity contribution in [1.29, 1.82) is 5.26 Å². The van der Waals surface area contributed by atoms with Gasteiger partial charge in [-0.25, -0.2) is 0 Å². The van der Waals surface area contributed by atoms with E-state index < -0.39 is 5.97 Å². The molecule has 5 heteroatoms. The minimum atomic E-state index is -0.754. The van der Waals surface area contributed by atoms with Gasteiger partial charge in [-0.05, 0) is 37.5 Å². The summed E-state index contributed by atoms with van der Waals surface area (Å²) >= 11 is 0. The van der Waals surface area contributed by atoms with Crippen molar-refractivity contribution in [1.82, 2.24) is 4.90 Å². The van der Waals surface area contributed by atoms with Crippen LogP contribution in [0.3, 0.4) is 0 Å². The van der Waals surface area contributed by atoms with Crippen LogP contribution in [0.5, 0.6) is 0 Å². The van der Waals surface area contributed by atoms with E-state index in [1.807, 2.05) is 13.8 Å². The van der Waals surface area contributed by atoms with Crippen LogP contribution in [0.25, 0.3) is 0 Å². The number of aliphatic carboxylic acids is 1. The number of rotatable bonds is 15. The van der Waals surface area contributed by atoms with Gasteiger partial charge in [-0.3, -0.25) is 4.79 Å². The lowest BCUT2D eigenvalue weighted by molar-refractivity contribution is -0.139. The first-order valence-electron chi connectivity index (χ1n) is 9.35. The first-order chi connectivity index (χ1) is 11.3. The number of carboxylic acid groups (broad SMARTS) is 1. The molecular weight excluding hydrogens is 304 g/mol. The summed E-state index contributed by atoms with van der Waals surface area (Å²) in [5, 5.41) is 27.9. The molecule has 1 atom stereocenters. The van der Waals surface area contributed by atoms with Gasteiger partial charge in [0.1, 0.15) is 0 Å². The number of carbonyl (C=O) groups is 1. The molecule has 0 radical (unpaired) electrons. The fourth-order valence-corrected chi connectivity index (χ4v) is 2.91. The average molecular weight is 341 g/mol. The van der Waals surface area contributed by atoms with E-state index in [0.29, 0.717) is 13.1 Å². The van der Waals surface area contributed by atoms with Crippen LogP contribution < -0.4 is 0 Å². The summed E-state index contributed by atoms with van der Waals surface area (Å²) in [6, 6.07) is 0. The molecule has 0 rings (SSSR count). The van der Waals surface area contributed by atoms with E-state index in [4.69, 9.17) is 5.11 Å². The second kappa shape index (κ2) is 13.1. The van der Waals surface area contributed by atoms with E-state index in [1.165, 1.54) is 6.42 Å². The summed E-state index contributed by atoms with van der Waals surface area (Å²) in [5.41, 5.74) is -0.189. The topological polar surface area (TPSA) is 84.6 Å². The fraction of sp³-hybridized carbons (Fsp3) is 0.895. The Hall–Kier alpha value is -1.28. The number of carboxylic acids is 1. The van der Waals surface area contributed by atoms with Gasteiger partial charge in [0, 0.05) is 13.1 Å². The van der Waals surface area contributed by atoms with E-state index >= 15 is 0 Å². The van der Waals surface area contributed by atoms with Gasteiger partial charge in [-0.1, -0.05) is 46.5 Å². The predicted octanol–water partition coefficient (Wildman–Crippen LogP) is 4.16. The lowest BCUT2D eigenvalue weighted by atomic mass is 9.84. The molecular formula is C19H36N2O3. The molecule has 0 fully saturated rings. The van der Waals surface area contributed by atoms with E-state index in [1.54, 1.807) is 4.90 Å². The first kappa shape index (κ1) is 22.7. The molecule has 0 saturated heterocycles. The van der Waals surface area contributed by atoms with Crippen molar-refractivity contribution < 1.29 is 15.0 Å². The predicted molar refractivity (Wildman–Crippen MR) is 96.5 cm³/mol. The van der Waals surface area contributed by atoms with Crippen molar-refractivity contribution >= 4 is 5.97 Å². The Morgan fingerprint density at radius 3 is 2.33 bits per heavy atom. The van der Waals surface area contributed by atoms with Gasteiger partial charge in [-0.15, -0.1) is 0 Å². The van der Waals surface area contributed by atoms with Crippen molar-refractivity contribution in [3.63, 3.8) is 0 Å². The summed E-state index contributed by atoms with van der Waals surface area (Å²) in [6.45, 7) is 7.51. The number of nitrogens with zero attached hydrogens (tertiary/aromatic N) is 2. The number of aliphatic hydroxyl groups is 1. The van der Waals surface area contributed by atoms with Crippen molar-refractivity contribution in [2.24, 2.45) is 5.41 Å². The third kappa shape index (κ3) is 13.2. The zero-order chi connectivity index (χ0) is 18.4. The summed E-state index contributed by atoms with van der Waals surface area (Å²) in [7, 11) is 0.